The highest BCUT2D eigenvalue weighted by Gasteiger charge is 2.28. The number of amides is 2. The third-order valence-corrected chi connectivity index (χ3v) is 4.53. The molecule has 7 nitrogen and oxygen atoms in total. The van der Waals surface area contributed by atoms with Crippen molar-refractivity contribution < 1.29 is 9.21 Å². The third-order valence-electron chi connectivity index (χ3n) is 4.53. The van der Waals surface area contributed by atoms with Crippen molar-refractivity contribution in [1.29, 1.82) is 0 Å². The summed E-state index contributed by atoms with van der Waals surface area (Å²) in [4.78, 5) is 14.6. The van der Waals surface area contributed by atoms with Crippen LogP contribution in [0.2, 0.25) is 0 Å². The molecule has 2 amide bonds. The normalized spacial score (nSPS) is 18.4. The number of furan rings is 1. The number of aryl methyl sites for hydroxylation is 1. The molecule has 0 bridgehead atoms. The van der Waals surface area contributed by atoms with Gasteiger partial charge in [0.25, 0.3) is 0 Å². The number of nitrogens with zero attached hydrogens (tertiary/aromatic N) is 4. The summed E-state index contributed by atoms with van der Waals surface area (Å²) in [5.41, 5.74) is 0. The highest BCUT2D eigenvalue weighted by Crippen LogP contribution is 2.30. The molecule has 1 atom stereocenters. The fraction of sp³-hybridized carbons (Fsp3) is 0.588. The van der Waals surface area contributed by atoms with E-state index in [-0.39, 0.29) is 12.1 Å². The molecular formula is C17H25N5O2. The smallest absolute Gasteiger partial charge is 0.318 e. The van der Waals surface area contributed by atoms with E-state index in [0.717, 1.165) is 50.2 Å². The van der Waals surface area contributed by atoms with Crippen LogP contribution >= 0.6 is 0 Å². The van der Waals surface area contributed by atoms with Gasteiger partial charge in [-0.2, -0.15) is 0 Å². The van der Waals surface area contributed by atoms with E-state index < -0.39 is 0 Å². The predicted molar refractivity (Wildman–Crippen MR) is 89.4 cm³/mol. The minimum Gasteiger partial charge on any atom is -0.467 e. The summed E-state index contributed by atoms with van der Waals surface area (Å²) in [6, 6.07) is 3.85. The Balaban J connectivity index is 1.59. The molecule has 1 saturated heterocycles. The summed E-state index contributed by atoms with van der Waals surface area (Å²) in [5.74, 6) is 1.81. The van der Waals surface area contributed by atoms with Crippen LogP contribution in [0.5, 0.6) is 0 Å². The SMILES string of the molecule is CCc1nncn1CCNC(=O)N1CCCCC[C@@H]1c1ccco1. The summed E-state index contributed by atoms with van der Waals surface area (Å²) >= 11 is 0. The highest BCUT2D eigenvalue weighted by atomic mass is 16.3. The Morgan fingerprint density at radius 2 is 2.33 bits per heavy atom. The Hall–Kier alpha value is -2.31. The summed E-state index contributed by atoms with van der Waals surface area (Å²) in [7, 11) is 0. The molecule has 1 aliphatic heterocycles. The maximum Gasteiger partial charge on any atom is 0.318 e. The number of carbonyl (C=O) groups is 1. The monoisotopic (exact) mass is 331 g/mol. The summed E-state index contributed by atoms with van der Waals surface area (Å²) < 4.78 is 7.54. The Kier molecular flexibility index (Phi) is 5.51. The van der Waals surface area contributed by atoms with E-state index in [4.69, 9.17) is 4.42 Å². The van der Waals surface area contributed by atoms with Crippen LogP contribution in [0.3, 0.4) is 0 Å². The van der Waals surface area contributed by atoms with Gasteiger partial charge in [-0.3, -0.25) is 0 Å². The molecule has 1 N–H and O–H groups in total. The van der Waals surface area contributed by atoms with Crippen molar-refractivity contribution in [3.63, 3.8) is 0 Å². The first-order valence-corrected chi connectivity index (χ1v) is 8.74. The van der Waals surface area contributed by atoms with E-state index in [1.165, 1.54) is 0 Å². The topological polar surface area (TPSA) is 76.2 Å². The molecule has 130 valence electrons. The molecule has 0 saturated carbocycles. The van der Waals surface area contributed by atoms with Crippen molar-refractivity contribution >= 4 is 6.03 Å². The van der Waals surface area contributed by atoms with Gasteiger partial charge >= 0.3 is 6.03 Å². The Morgan fingerprint density at radius 3 is 3.12 bits per heavy atom. The molecule has 1 aliphatic rings. The molecule has 0 radical (unpaired) electrons. The van der Waals surface area contributed by atoms with E-state index in [1.54, 1.807) is 12.6 Å². The molecule has 0 spiro atoms. The average molecular weight is 331 g/mol. The van der Waals surface area contributed by atoms with Gasteiger partial charge in [-0.1, -0.05) is 19.8 Å². The lowest BCUT2D eigenvalue weighted by molar-refractivity contribution is 0.166. The van der Waals surface area contributed by atoms with E-state index in [2.05, 4.69) is 15.5 Å². The second-order valence-electron chi connectivity index (χ2n) is 6.10. The fourth-order valence-electron chi connectivity index (χ4n) is 3.25. The lowest BCUT2D eigenvalue weighted by Crippen LogP contribution is -2.43. The summed E-state index contributed by atoms with van der Waals surface area (Å²) in [6.45, 7) is 4.06. The van der Waals surface area contributed by atoms with Crippen molar-refractivity contribution in [3.8, 4) is 0 Å². The van der Waals surface area contributed by atoms with Gasteiger partial charge in [0.05, 0.1) is 12.3 Å². The van der Waals surface area contributed by atoms with Crippen molar-refractivity contribution in [2.24, 2.45) is 0 Å². The Bertz CT molecular complexity index is 637. The van der Waals surface area contributed by atoms with Gasteiger partial charge in [-0.05, 0) is 25.0 Å². The van der Waals surface area contributed by atoms with E-state index in [9.17, 15) is 4.79 Å². The molecule has 2 aromatic rings. The highest BCUT2D eigenvalue weighted by molar-refractivity contribution is 5.74. The minimum absolute atomic E-state index is 0.0237. The van der Waals surface area contributed by atoms with Crippen LogP contribution < -0.4 is 5.32 Å². The molecular weight excluding hydrogens is 306 g/mol. The number of nitrogens with one attached hydrogen (secondary N) is 1. The van der Waals surface area contributed by atoms with Crippen molar-refractivity contribution in [1.82, 2.24) is 25.0 Å². The lowest BCUT2D eigenvalue weighted by Gasteiger charge is -2.28. The molecule has 7 heteroatoms. The number of hydrogen-bond acceptors (Lipinski definition) is 4. The van der Waals surface area contributed by atoms with Gasteiger partial charge in [-0.25, -0.2) is 4.79 Å². The van der Waals surface area contributed by atoms with Crippen molar-refractivity contribution in [2.45, 2.75) is 51.6 Å². The largest absolute Gasteiger partial charge is 0.467 e. The number of hydrogen-bond donors (Lipinski definition) is 1. The van der Waals surface area contributed by atoms with Crippen molar-refractivity contribution in [2.75, 3.05) is 13.1 Å². The summed E-state index contributed by atoms with van der Waals surface area (Å²) in [5, 5.41) is 11.0. The molecule has 2 aromatic heterocycles. The predicted octanol–water partition coefficient (Wildman–Crippen LogP) is 2.76. The molecule has 0 aliphatic carbocycles. The molecule has 3 heterocycles. The molecule has 3 rings (SSSR count). The third kappa shape index (κ3) is 3.77. The zero-order chi connectivity index (χ0) is 16.8. The van der Waals surface area contributed by atoms with E-state index in [0.29, 0.717) is 13.1 Å². The van der Waals surface area contributed by atoms with Crippen LogP contribution in [0.4, 0.5) is 4.79 Å². The van der Waals surface area contributed by atoms with Gasteiger partial charge in [0.2, 0.25) is 0 Å². The molecule has 24 heavy (non-hydrogen) atoms. The minimum atomic E-state index is -0.0237. The maximum absolute atomic E-state index is 12.7. The molecule has 1 fully saturated rings. The zero-order valence-corrected chi connectivity index (χ0v) is 14.1. The van der Waals surface area contributed by atoms with Crippen LogP contribution in [0.25, 0.3) is 0 Å². The fourth-order valence-corrected chi connectivity index (χ4v) is 3.25. The van der Waals surface area contributed by atoms with Crippen LogP contribution in [0.1, 0.15) is 50.2 Å². The quantitative estimate of drug-likeness (QED) is 0.914. The molecule has 0 aromatic carbocycles. The number of rotatable bonds is 5. The standard InChI is InChI=1S/C17H25N5O2/c1-2-16-20-19-13-21(16)11-9-18-17(23)22-10-5-3-4-7-14(22)15-8-6-12-24-15/h6,8,12-14H,2-5,7,9-11H2,1H3,(H,18,23)/t14-/m1/s1. The summed E-state index contributed by atoms with van der Waals surface area (Å²) in [6.07, 6.45) is 8.48. The van der Waals surface area contributed by atoms with Crippen LogP contribution in [-0.2, 0) is 13.0 Å². The zero-order valence-electron chi connectivity index (χ0n) is 14.1. The van der Waals surface area contributed by atoms with Gasteiger partial charge in [-0.15, -0.1) is 10.2 Å². The number of aromatic nitrogens is 3. The Morgan fingerprint density at radius 1 is 1.42 bits per heavy atom. The van der Waals surface area contributed by atoms with Crippen LogP contribution in [-0.4, -0.2) is 38.8 Å². The second kappa shape index (κ2) is 7.99. The maximum atomic E-state index is 12.7. The number of likely N-dealkylation sites (tertiary alicyclic amines) is 1. The number of carbonyl (C=O) groups excluding carboxylic acids is 1. The van der Waals surface area contributed by atoms with Gasteiger partial charge in [0.1, 0.15) is 17.9 Å². The first-order chi connectivity index (χ1) is 11.8. The first-order valence-electron chi connectivity index (χ1n) is 8.74. The van der Waals surface area contributed by atoms with Crippen LogP contribution in [0, 0.1) is 0 Å². The molecule has 0 unspecified atom stereocenters. The van der Waals surface area contributed by atoms with Gasteiger partial charge in [0, 0.05) is 26.1 Å². The van der Waals surface area contributed by atoms with Gasteiger partial charge in [0.15, 0.2) is 0 Å². The number of urea groups is 1. The van der Waals surface area contributed by atoms with E-state index >= 15 is 0 Å². The van der Waals surface area contributed by atoms with Crippen LogP contribution in [0.15, 0.2) is 29.1 Å². The second-order valence-corrected chi connectivity index (χ2v) is 6.10. The first kappa shape index (κ1) is 16.5. The van der Waals surface area contributed by atoms with Gasteiger partial charge < -0.3 is 19.2 Å². The average Bonchev–Trinajstić information content (AvgIpc) is 3.22. The lowest BCUT2D eigenvalue weighted by atomic mass is 10.1. The van der Waals surface area contributed by atoms with E-state index in [1.807, 2.05) is 28.5 Å². The Labute approximate surface area is 142 Å². The van der Waals surface area contributed by atoms with Crippen molar-refractivity contribution in [3.05, 3.63) is 36.3 Å².